The van der Waals surface area contributed by atoms with E-state index < -0.39 is 0 Å². The molecule has 1 amide bonds. The number of rotatable bonds is 2. The van der Waals surface area contributed by atoms with Crippen molar-refractivity contribution in [2.45, 2.75) is 0 Å². The van der Waals surface area contributed by atoms with Crippen molar-refractivity contribution in [1.82, 2.24) is 0 Å². The molecule has 5 heteroatoms. The lowest BCUT2D eigenvalue weighted by atomic mass is 10.1. The molecule has 0 atom stereocenters. The Hall–Kier alpha value is -2.32. The molecular formula is C14H10BrN3O. The highest BCUT2D eigenvalue weighted by Crippen LogP contribution is 2.19. The van der Waals surface area contributed by atoms with Gasteiger partial charge in [-0.1, -0.05) is 22.0 Å². The smallest absolute Gasteiger partial charge is 0.255 e. The molecule has 0 spiro atoms. The van der Waals surface area contributed by atoms with Crippen molar-refractivity contribution in [2.75, 3.05) is 11.1 Å². The standard InChI is InChI=1S/C14H10BrN3O/c15-11-3-1-2-9(6-11)14(19)18-13-5-4-12(17)7-10(13)8-16/h1-7H,17H2,(H,18,19). The highest BCUT2D eigenvalue weighted by atomic mass is 79.9. The second-order valence-corrected chi connectivity index (χ2v) is 4.80. The van der Waals surface area contributed by atoms with E-state index in [-0.39, 0.29) is 5.91 Å². The first-order valence-corrected chi connectivity index (χ1v) is 6.26. The summed E-state index contributed by atoms with van der Waals surface area (Å²) in [6.07, 6.45) is 0. The first-order chi connectivity index (χ1) is 9.10. The van der Waals surface area contributed by atoms with Crippen LogP contribution in [0.15, 0.2) is 46.9 Å². The summed E-state index contributed by atoms with van der Waals surface area (Å²) in [5.74, 6) is -0.275. The van der Waals surface area contributed by atoms with E-state index >= 15 is 0 Å². The minimum absolute atomic E-state index is 0.275. The Kier molecular flexibility index (Phi) is 3.83. The maximum absolute atomic E-state index is 12.0. The monoisotopic (exact) mass is 315 g/mol. The van der Waals surface area contributed by atoms with Gasteiger partial charge in [0.2, 0.25) is 0 Å². The van der Waals surface area contributed by atoms with E-state index in [1.54, 1.807) is 30.3 Å². The molecule has 2 aromatic carbocycles. The van der Waals surface area contributed by atoms with Crippen LogP contribution in [0.2, 0.25) is 0 Å². The predicted molar refractivity (Wildman–Crippen MR) is 77.7 cm³/mol. The number of halogens is 1. The van der Waals surface area contributed by atoms with Crippen LogP contribution in [0.1, 0.15) is 15.9 Å². The molecule has 0 bridgehead atoms. The van der Waals surface area contributed by atoms with E-state index in [9.17, 15) is 4.79 Å². The summed E-state index contributed by atoms with van der Waals surface area (Å²) in [4.78, 5) is 12.0. The van der Waals surface area contributed by atoms with E-state index in [0.717, 1.165) is 4.47 Å². The highest BCUT2D eigenvalue weighted by Gasteiger charge is 2.09. The zero-order valence-electron chi connectivity index (χ0n) is 9.85. The second-order valence-electron chi connectivity index (χ2n) is 3.88. The number of hydrogen-bond donors (Lipinski definition) is 2. The molecular weight excluding hydrogens is 306 g/mol. The van der Waals surface area contributed by atoms with Gasteiger partial charge in [0, 0.05) is 15.7 Å². The molecule has 2 aromatic rings. The van der Waals surface area contributed by atoms with Gasteiger partial charge in [-0.15, -0.1) is 0 Å². The number of nitrogens with zero attached hydrogens (tertiary/aromatic N) is 1. The Labute approximate surface area is 119 Å². The molecule has 2 rings (SSSR count). The molecule has 0 aliphatic carbocycles. The second kappa shape index (κ2) is 5.55. The van der Waals surface area contributed by atoms with Crippen molar-refractivity contribution in [3.8, 4) is 6.07 Å². The van der Waals surface area contributed by atoms with Crippen LogP contribution in [-0.2, 0) is 0 Å². The number of carbonyl (C=O) groups excluding carboxylic acids is 1. The van der Waals surface area contributed by atoms with Gasteiger partial charge in [-0.2, -0.15) is 5.26 Å². The normalized spacial score (nSPS) is 9.68. The summed E-state index contributed by atoms with van der Waals surface area (Å²) >= 11 is 3.30. The lowest BCUT2D eigenvalue weighted by Gasteiger charge is -2.08. The fourth-order valence-electron chi connectivity index (χ4n) is 1.59. The van der Waals surface area contributed by atoms with Gasteiger partial charge < -0.3 is 11.1 Å². The van der Waals surface area contributed by atoms with Gasteiger partial charge in [-0.25, -0.2) is 0 Å². The Bertz CT molecular complexity index is 677. The summed E-state index contributed by atoms with van der Waals surface area (Å²) in [5.41, 5.74) is 7.37. The molecule has 0 heterocycles. The summed E-state index contributed by atoms with van der Waals surface area (Å²) in [7, 11) is 0. The van der Waals surface area contributed by atoms with Crippen molar-refractivity contribution in [3.05, 3.63) is 58.1 Å². The highest BCUT2D eigenvalue weighted by molar-refractivity contribution is 9.10. The number of nitrogens with two attached hydrogens (primary N) is 1. The van der Waals surface area contributed by atoms with Crippen LogP contribution in [0.25, 0.3) is 0 Å². The van der Waals surface area contributed by atoms with Crippen LogP contribution in [0.4, 0.5) is 11.4 Å². The first-order valence-electron chi connectivity index (χ1n) is 5.46. The third-order valence-corrected chi connectivity index (χ3v) is 2.99. The third-order valence-electron chi connectivity index (χ3n) is 2.50. The van der Waals surface area contributed by atoms with Crippen molar-refractivity contribution in [3.63, 3.8) is 0 Å². The summed E-state index contributed by atoms with van der Waals surface area (Å²) in [6.45, 7) is 0. The number of anilines is 2. The van der Waals surface area contributed by atoms with E-state index in [0.29, 0.717) is 22.5 Å². The number of carbonyl (C=O) groups is 1. The van der Waals surface area contributed by atoms with Crippen LogP contribution in [0.3, 0.4) is 0 Å². The number of benzene rings is 2. The van der Waals surface area contributed by atoms with E-state index in [4.69, 9.17) is 11.0 Å². The molecule has 0 aromatic heterocycles. The average molecular weight is 316 g/mol. The van der Waals surface area contributed by atoms with Crippen molar-refractivity contribution >= 4 is 33.2 Å². The topological polar surface area (TPSA) is 78.9 Å². The SMILES string of the molecule is N#Cc1cc(N)ccc1NC(=O)c1cccc(Br)c1. The largest absolute Gasteiger partial charge is 0.399 e. The quantitative estimate of drug-likeness (QED) is 0.835. The molecule has 94 valence electrons. The van der Waals surface area contributed by atoms with Crippen LogP contribution < -0.4 is 11.1 Å². The Balaban J connectivity index is 2.27. The number of nitrogen functional groups attached to an aromatic ring is 1. The van der Waals surface area contributed by atoms with E-state index in [1.807, 2.05) is 12.1 Å². The predicted octanol–water partition coefficient (Wildman–Crippen LogP) is 3.16. The minimum atomic E-state index is -0.275. The maximum atomic E-state index is 12.0. The summed E-state index contributed by atoms with van der Waals surface area (Å²) in [5, 5.41) is 11.7. The molecule has 0 radical (unpaired) electrons. The molecule has 19 heavy (non-hydrogen) atoms. The summed E-state index contributed by atoms with van der Waals surface area (Å²) < 4.78 is 0.818. The average Bonchev–Trinajstić information content (AvgIpc) is 2.40. The molecule has 0 aliphatic heterocycles. The number of hydrogen-bond acceptors (Lipinski definition) is 3. The van der Waals surface area contributed by atoms with E-state index in [1.165, 1.54) is 6.07 Å². The van der Waals surface area contributed by atoms with Gasteiger partial charge in [-0.3, -0.25) is 4.79 Å². The third kappa shape index (κ3) is 3.12. The van der Waals surface area contributed by atoms with Crippen LogP contribution in [0.5, 0.6) is 0 Å². The van der Waals surface area contributed by atoms with Gasteiger partial charge in [0.15, 0.2) is 0 Å². The number of nitrogens with one attached hydrogen (secondary N) is 1. The van der Waals surface area contributed by atoms with Crippen LogP contribution >= 0.6 is 15.9 Å². The van der Waals surface area contributed by atoms with Gasteiger partial charge in [0.1, 0.15) is 6.07 Å². The fraction of sp³-hybridized carbons (Fsp3) is 0. The molecule has 0 aliphatic rings. The molecule has 3 N–H and O–H groups in total. The van der Waals surface area contributed by atoms with Gasteiger partial charge in [0.25, 0.3) is 5.91 Å². The maximum Gasteiger partial charge on any atom is 0.255 e. The number of nitriles is 1. The van der Waals surface area contributed by atoms with Crippen molar-refractivity contribution in [1.29, 1.82) is 5.26 Å². The van der Waals surface area contributed by atoms with Gasteiger partial charge in [-0.05, 0) is 36.4 Å². The Morgan fingerprint density at radius 3 is 2.74 bits per heavy atom. The van der Waals surface area contributed by atoms with Crippen LogP contribution in [-0.4, -0.2) is 5.91 Å². The molecule has 0 unspecified atom stereocenters. The number of amides is 1. The Morgan fingerprint density at radius 1 is 1.26 bits per heavy atom. The van der Waals surface area contributed by atoms with Crippen molar-refractivity contribution < 1.29 is 4.79 Å². The molecule has 0 saturated heterocycles. The zero-order valence-corrected chi connectivity index (χ0v) is 11.4. The minimum Gasteiger partial charge on any atom is -0.399 e. The molecule has 0 saturated carbocycles. The van der Waals surface area contributed by atoms with E-state index in [2.05, 4.69) is 21.2 Å². The zero-order chi connectivity index (χ0) is 13.8. The fourth-order valence-corrected chi connectivity index (χ4v) is 1.99. The molecule has 4 nitrogen and oxygen atoms in total. The Morgan fingerprint density at radius 2 is 2.05 bits per heavy atom. The lowest BCUT2D eigenvalue weighted by molar-refractivity contribution is 0.102. The van der Waals surface area contributed by atoms with Gasteiger partial charge >= 0.3 is 0 Å². The lowest BCUT2D eigenvalue weighted by Crippen LogP contribution is -2.12. The van der Waals surface area contributed by atoms with Crippen LogP contribution in [0, 0.1) is 11.3 Å². The van der Waals surface area contributed by atoms with Crippen molar-refractivity contribution in [2.24, 2.45) is 0 Å². The molecule has 0 fully saturated rings. The summed E-state index contributed by atoms with van der Waals surface area (Å²) in [6, 6.07) is 13.8. The van der Waals surface area contributed by atoms with Gasteiger partial charge in [0.05, 0.1) is 11.3 Å². The first kappa shape index (κ1) is 13.1.